The number of halogens is 1. The lowest BCUT2D eigenvalue weighted by Crippen LogP contribution is -2.27. The van der Waals surface area contributed by atoms with Crippen molar-refractivity contribution >= 4 is 57.6 Å². The molecule has 3 rings (SSSR count). The molecule has 22 heavy (non-hydrogen) atoms. The first-order valence-electron chi connectivity index (χ1n) is 6.23. The number of thiocarbonyl (C=S) groups is 1. The van der Waals surface area contributed by atoms with E-state index in [9.17, 15) is 9.90 Å². The van der Waals surface area contributed by atoms with Crippen LogP contribution in [-0.2, 0) is 4.79 Å². The molecule has 0 spiro atoms. The quantitative estimate of drug-likeness (QED) is 0.660. The van der Waals surface area contributed by atoms with Crippen molar-refractivity contribution in [3.8, 4) is 5.75 Å². The van der Waals surface area contributed by atoms with E-state index in [4.69, 9.17) is 23.8 Å². The summed E-state index contributed by atoms with van der Waals surface area (Å²) >= 11 is 12.4. The maximum absolute atomic E-state index is 12.5. The highest BCUT2D eigenvalue weighted by molar-refractivity contribution is 8.27. The van der Waals surface area contributed by atoms with Gasteiger partial charge in [-0.1, -0.05) is 41.6 Å². The summed E-state index contributed by atoms with van der Waals surface area (Å²) in [4.78, 5) is 18.5. The van der Waals surface area contributed by atoms with Crippen LogP contribution < -0.4 is 4.90 Å². The van der Waals surface area contributed by atoms with Crippen LogP contribution in [0.25, 0.3) is 6.08 Å². The molecule has 0 radical (unpaired) electrons. The summed E-state index contributed by atoms with van der Waals surface area (Å²) in [6.45, 7) is 0. The topological polar surface area (TPSA) is 53.4 Å². The van der Waals surface area contributed by atoms with Gasteiger partial charge in [-0.05, 0) is 35.9 Å². The number of phenolic OH excluding ortho intramolecular Hbond substituents is 1. The predicted molar refractivity (Wildman–Crippen MR) is 93.0 cm³/mol. The number of aromatic nitrogens is 1. The highest BCUT2D eigenvalue weighted by Gasteiger charge is 2.33. The Bertz CT molecular complexity index is 793. The first-order chi connectivity index (χ1) is 10.6. The van der Waals surface area contributed by atoms with Crippen LogP contribution in [0.5, 0.6) is 5.75 Å². The highest BCUT2D eigenvalue weighted by atomic mass is 35.5. The summed E-state index contributed by atoms with van der Waals surface area (Å²) in [7, 11) is 0. The van der Waals surface area contributed by atoms with Crippen LogP contribution in [-0.4, -0.2) is 20.3 Å². The van der Waals surface area contributed by atoms with Crippen LogP contribution in [0.2, 0.25) is 5.02 Å². The van der Waals surface area contributed by atoms with Crippen molar-refractivity contribution in [2.45, 2.75) is 0 Å². The Morgan fingerprint density at radius 2 is 2.18 bits per heavy atom. The molecule has 1 saturated heterocycles. The molecule has 4 nitrogen and oxygen atoms in total. The number of aromatic hydroxyl groups is 1. The third-order valence-corrected chi connectivity index (χ3v) is 4.57. The van der Waals surface area contributed by atoms with Crippen LogP contribution in [0.4, 0.5) is 5.69 Å². The Balaban J connectivity index is 1.93. The Morgan fingerprint density at radius 3 is 2.86 bits per heavy atom. The fraction of sp³-hybridized carbons (Fsp3) is 0. The molecule has 2 heterocycles. The van der Waals surface area contributed by atoms with E-state index >= 15 is 0 Å². The average molecular weight is 349 g/mol. The number of benzene rings is 1. The summed E-state index contributed by atoms with van der Waals surface area (Å²) < 4.78 is 0.453. The molecule has 1 amide bonds. The number of carbonyl (C=O) groups excluding carboxylic acids is 1. The SMILES string of the molecule is O=C1C(=Cc2ccc(O)c(Cl)c2)SC(=S)N1c1cccnc1. The monoisotopic (exact) mass is 348 g/mol. The van der Waals surface area contributed by atoms with Crippen LogP contribution >= 0.6 is 35.6 Å². The Morgan fingerprint density at radius 1 is 1.36 bits per heavy atom. The molecule has 2 aromatic rings. The van der Waals surface area contributed by atoms with E-state index in [2.05, 4.69) is 4.98 Å². The number of anilines is 1. The fourth-order valence-corrected chi connectivity index (χ4v) is 3.43. The minimum Gasteiger partial charge on any atom is -0.506 e. The third-order valence-electron chi connectivity index (χ3n) is 2.97. The third kappa shape index (κ3) is 2.85. The zero-order valence-corrected chi connectivity index (χ0v) is 13.5. The molecule has 1 aliphatic rings. The van der Waals surface area contributed by atoms with Crippen molar-refractivity contribution in [2.24, 2.45) is 0 Å². The molecule has 7 heteroatoms. The molecule has 0 atom stereocenters. The number of hydrogen-bond acceptors (Lipinski definition) is 5. The first-order valence-corrected chi connectivity index (χ1v) is 7.83. The van der Waals surface area contributed by atoms with Gasteiger partial charge in [0.25, 0.3) is 5.91 Å². The van der Waals surface area contributed by atoms with Crippen LogP contribution in [0.3, 0.4) is 0 Å². The van der Waals surface area contributed by atoms with Crippen molar-refractivity contribution in [1.29, 1.82) is 0 Å². The molecule has 1 aromatic carbocycles. The number of phenols is 1. The molecule has 1 aromatic heterocycles. The normalized spacial score (nSPS) is 16.6. The summed E-state index contributed by atoms with van der Waals surface area (Å²) in [5, 5.41) is 9.66. The first kappa shape index (κ1) is 15.0. The zero-order valence-electron chi connectivity index (χ0n) is 11.1. The van der Waals surface area contributed by atoms with Gasteiger partial charge in [0.05, 0.1) is 21.8 Å². The smallest absolute Gasteiger partial charge is 0.270 e. The van der Waals surface area contributed by atoms with E-state index < -0.39 is 0 Å². The molecule has 0 unspecified atom stereocenters. The summed E-state index contributed by atoms with van der Waals surface area (Å²) in [6.07, 6.45) is 4.92. The number of nitrogens with zero attached hydrogens (tertiary/aromatic N) is 2. The lowest BCUT2D eigenvalue weighted by molar-refractivity contribution is -0.113. The van der Waals surface area contributed by atoms with Gasteiger partial charge in [0.15, 0.2) is 4.32 Å². The molecule has 0 aliphatic carbocycles. The second kappa shape index (κ2) is 6.08. The van der Waals surface area contributed by atoms with E-state index in [1.165, 1.54) is 22.7 Å². The minimum absolute atomic E-state index is 0.00160. The maximum Gasteiger partial charge on any atom is 0.270 e. The van der Waals surface area contributed by atoms with Gasteiger partial charge < -0.3 is 5.11 Å². The number of amides is 1. The molecule has 110 valence electrons. The predicted octanol–water partition coefficient (Wildman–Crippen LogP) is 3.85. The Labute approximate surface area is 141 Å². The van der Waals surface area contributed by atoms with Gasteiger partial charge in [-0.25, -0.2) is 0 Å². The zero-order chi connectivity index (χ0) is 15.7. The highest BCUT2D eigenvalue weighted by Crippen LogP contribution is 2.36. The largest absolute Gasteiger partial charge is 0.506 e. The van der Waals surface area contributed by atoms with Gasteiger partial charge in [0, 0.05) is 6.20 Å². The summed E-state index contributed by atoms with van der Waals surface area (Å²) in [6, 6.07) is 8.27. The lowest BCUT2D eigenvalue weighted by atomic mass is 10.2. The van der Waals surface area contributed by atoms with Gasteiger partial charge in [-0.2, -0.15) is 0 Å². The number of rotatable bonds is 2. The van der Waals surface area contributed by atoms with Gasteiger partial charge in [-0.15, -0.1) is 0 Å². The fourth-order valence-electron chi connectivity index (χ4n) is 1.94. The molecule has 1 aliphatic heterocycles. The van der Waals surface area contributed by atoms with E-state index in [0.717, 1.165) is 5.56 Å². The van der Waals surface area contributed by atoms with E-state index in [1.807, 2.05) is 0 Å². The lowest BCUT2D eigenvalue weighted by Gasteiger charge is -2.13. The molecular weight excluding hydrogens is 340 g/mol. The Hall–Kier alpha value is -1.89. The molecule has 0 saturated carbocycles. The van der Waals surface area contributed by atoms with Gasteiger partial charge in [0.1, 0.15) is 5.75 Å². The van der Waals surface area contributed by atoms with Gasteiger partial charge >= 0.3 is 0 Å². The number of pyridine rings is 1. The minimum atomic E-state index is -0.202. The summed E-state index contributed by atoms with van der Waals surface area (Å²) in [5.74, 6) is -0.200. The second-order valence-corrected chi connectivity index (χ2v) is 6.52. The van der Waals surface area contributed by atoms with Crippen LogP contribution in [0.15, 0.2) is 47.6 Å². The molecule has 1 N–H and O–H groups in total. The number of carbonyl (C=O) groups is 1. The standard InChI is InChI=1S/C15H9ClN2O2S2/c16-11-6-9(3-4-12(11)19)7-13-14(20)18(15(21)22-13)10-2-1-5-17-8-10/h1-8,19H. The van der Waals surface area contributed by atoms with Crippen molar-refractivity contribution < 1.29 is 9.90 Å². The van der Waals surface area contributed by atoms with Crippen molar-refractivity contribution in [3.05, 3.63) is 58.2 Å². The van der Waals surface area contributed by atoms with Gasteiger partial charge in [-0.3, -0.25) is 14.7 Å². The number of thioether (sulfide) groups is 1. The summed E-state index contributed by atoms with van der Waals surface area (Å²) in [5.41, 5.74) is 1.35. The van der Waals surface area contributed by atoms with E-state index in [0.29, 0.717) is 14.9 Å². The molecule has 1 fully saturated rings. The van der Waals surface area contributed by atoms with Crippen molar-refractivity contribution in [2.75, 3.05) is 4.90 Å². The molecular formula is C15H9ClN2O2S2. The average Bonchev–Trinajstić information content (AvgIpc) is 2.78. The van der Waals surface area contributed by atoms with Crippen molar-refractivity contribution in [3.63, 3.8) is 0 Å². The van der Waals surface area contributed by atoms with Crippen molar-refractivity contribution in [1.82, 2.24) is 4.98 Å². The maximum atomic E-state index is 12.5. The second-order valence-electron chi connectivity index (χ2n) is 4.44. The van der Waals surface area contributed by atoms with E-state index in [-0.39, 0.29) is 16.7 Å². The Kier molecular flexibility index (Phi) is 4.15. The molecule has 0 bridgehead atoms. The van der Waals surface area contributed by atoms with Crippen LogP contribution in [0, 0.1) is 0 Å². The van der Waals surface area contributed by atoms with Gasteiger partial charge in [0.2, 0.25) is 0 Å². The number of hydrogen-bond donors (Lipinski definition) is 1. The van der Waals surface area contributed by atoms with E-state index in [1.54, 1.807) is 42.7 Å². The van der Waals surface area contributed by atoms with Crippen LogP contribution in [0.1, 0.15) is 5.56 Å².